The molecule has 2 heteroatoms. The lowest BCUT2D eigenvalue weighted by molar-refractivity contribution is -0.124. The lowest BCUT2D eigenvalue weighted by atomic mass is 10.3. The molecule has 1 heterocycles. The van der Waals surface area contributed by atoms with Gasteiger partial charge in [-0.15, -0.1) is 0 Å². The Hall–Kier alpha value is -1.05. The summed E-state index contributed by atoms with van der Waals surface area (Å²) in [5.74, 6) is 0.0775. The number of carbonyl (C=O) groups excluding carboxylic acids is 1. The van der Waals surface area contributed by atoms with Crippen LogP contribution in [0.1, 0.15) is 20.3 Å². The van der Waals surface area contributed by atoms with Crippen LogP contribution in [-0.4, -0.2) is 16.8 Å². The highest BCUT2D eigenvalue weighted by Crippen LogP contribution is 2.05. The van der Waals surface area contributed by atoms with Crippen LogP contribution in [0.5, 0.6) is 0 Å². The standard InChI is InChI=1S/C9H13NO/c1-8(2)10-7-5-3-4-6-9(10)11/h4-8H,3H2,1-2H3. The third-order valence-electron chi connectivity index (χ3n) is 1.61. The molecule has 0 fully saturated rings. The quantitative estimate of drug-likeness (QED) is 0.558. The average Bonchev–Trinajstić information content (AvgIpc) is 2.13. The van der Waals surface area contributed by atoms with Crippen molar-refractivity contribution in [2.24, 2.45) is 0 Å². The molecule has 0 saturated carbocycles. The molecule has 2 nitrogen and oxygen atoms in total. The lowest BCUT2D eigenvalue weighted by Crippen LogP contribution is -2.30. The molecule has 0 atom stereocenters. The Balaban J connectivity index is 2.76. The van der Waals surface area contributed by atoms with Gasteiger partial charge in [0.1, 0.15) is 0 Å². The smallest absolute Gasteiger partial charge is 0.250 e. The van der Waals surface area contributed by atoms with Crippen LogP contribution in [0.3, 0.4) is 0 Å². The molecule has 0 aromatic carbocycles. The summed E-state index contributed by atoms with van der Waals surface area (Å²) in [5.41, 5.74) is 0. The largest absolute Gasteiger partial charge is 0.313 e. The fourth-order valence-electron chi connectivity index (χ4n) is 1.01. The van der Waals surface area contributed by atoms with E-state index in [0.717, 1.165) is 6.42 Å². The fourth-order valence-corrected chi connectivity index (χ4v) is 1.01. The zero-order valence-electron chi connectivity index (χ0n) is 6.95. The van der Waals surface area contributed by atoms with Gasteiger partial charge in [-0.2, -0.15) is 0 Å². The summed E-state index contributed by atoms with van der Waals surface area (Å²) in [6.07, 6.45) is 8.20. The second kappa shape index (κ2) is 3.37. The Labute approximate surface area is 67.2 Å². The third kappa shape index (κ3) is 1.93. The molecule has 0 saturated heterocycles. The Morgan fingerprint density at radius 3 is 2.82 bits per heavy atom. The average molecular weight is 151 g/mol. The van der Waals surface area contributed by atoms with E-state index in [1.54, 1.807) is 11.0 Å². The van der Waals surface area contributed by atoms with Crippen LogP contribution in [0.4, 0.5) is 0 Å². The van der Waals surface area contributed by atoms with Gasteiger partial charge in [-0.05, 0) is 26.3 Å². The maximum Gasteiger partial charge on any atom is 0.250 e. The molecule has 1 aliphatic rings. The van der Waals surface area contributed by atoms with E-state index in [-0.39, 0.29) is 11.9 Å². The van der Waals surface area contributed by atoms with Gasteiger partial charge in [0.15, 0.2) is 0 Å². The van der Waals surface area contributed by atoms with Gasteiger partial charge in [0.2, 0.25) is 5.91 Å². The van der Waals surface area contributed by atoms with E-state index in [0.29, 0.717) is 0 Å². The third-order valence-corrected chi connectivity index (χ3v) is 1.61. The van der Waals surface area contributed by atoms with Gasteiger partial charge in [-0.1, -0.05) is 12.2 Å². The zero-order chi connectivity index (χ0) is 8.27. The molecule has 60 valence electrons. The first-order valence-electron chi connectivity index (χ1n) is 3.87. The van der Waals surface area contributed by atoms with Crippen LogP contribution in [0.15, 0.2) is 24.4 Å². The van der Waals surface area contributed by atoms with Crippen molar-refractivity contribution in [2.75, 3.05) is 0 Å². The van der Waals surface area contributed by atoms with Crippen LogP contribution in [0.25, 0.3) is 0 Å². The minimum atomic E-state index is 0.0775. The molecule has 0 bridgehead atoms. The van der Waals surface area contributed by atoms with Gasteiger partial charge in [0, 0.05) is 12.2 Å². The van der Waals surface area contributed by atoms with Crippen molar-refractivity contribution in [3.63, 3.8) is 0 Å². The molecular weight excluding hydrogens is 138 g/mol. The summed E-state index contributed by atoms with van der Waals surface area (Å²) in [6, 6.07) is 0.251. The number of hydrogen-bond acceptors (Lipinski definition) is 1. The van der Waals surface area contributed by atoms with Crippen molar-refractivity contribution in [1.29, 1.82) is 0 Å². The predicted octanol–water partition coefficient (Wildman–Crippen LogP) is 1.70. The highest BCUT2D eigenvalue weighted by atomic mass is 16.2. The number of nitrogens with zero attached hydrogens (tertiary/aromatic N) is 1. The van der Waals surface area contributed by atoms with E-state index in [1.807, 2.05) is 32.2 Å². The van der Waals surface area contributed by atoms with E-state index in [9.17, 15) is 4.79 Å². The maximum atomic E-state index is 11.2. The van der Waals surface area contributed by atoms with Gasteiger partial charge in [0.05, 0.1) is 0 Å². The monoisotopic (exact) mass is 151 g/mol. The Morgan fingerprint density at radius 2 is 2.18 bits per heavy atom. The number of allylic oxidation sites excluding steroid dienone is 2. The summed E-state index contributed by atoms with van der Waals surface area (Å²) in [7, 11) is 0. The second-order valence-electron chi connectivity index (χ2n) is 2.86. The van der Waals surface area contributed by atoms with Crippen LogP contribution in [-0.2, 0) is 4.79 Å². The molecular formula is C9H13NO. The van der Waals surface area contributed by atoms with E-state index < -0.39 is 0 Å². The molecule has 0 aliphatic carbocycles. The fraction of sp³-hybridized carbons (Fsp3) is 0.444. The molecule has 0 N–H and O–H groups in total. The summed E-state index contributed by atoms with van der Waals surface area (Å²) in [6.45, 7) is 4.00. The van der Waals surface area contributed by atoms with Crippen LogP contribution < -0.4 is 0 Å². The van der Waals surface area contributed by atoms with Crippen molar-refractivity contribution in [3.8, 4) is 0 Å². The van der Waals surface area contributed by atoms with Gasteiger partial charge in [-0.25, -0.2) is 0 Å². The zero-order valence-corrected chi connectivity index (χ0v) is 6.95. The van der Waals surface area contributed by atoms with Crippen LogP contribution in [0, 0.1) is 0 Å². The van der Waals surface area contributed by atoms with Crippen molar-refractivity contribution in [1.82, 2.24) is 4.90 Å². The summed E-state index contributed by atoms with van der Waals surface area (Å²) >= 11 is 0. The first-order chi connectivity index (χ1) is 5.22. The molecule has 11 heavy (non-hydrogen) atoms. The van der Waals surface area contributed by atoms with E-state index in [4.69, 9.17) is 0 Å². The predicted molar refractivity (Wildman–Crippen MR) is 44.9 cm³/mol. The van der Waals surface area contributed by atoms with Crippen LogP contribution >= 0.6 is 0 Å². The lowest BCUT2D eigenvalue weighted by Gasteiger charge is -2.19. The van der Waals surface area contributed by atoms with Gasteiger partial charge in [-0.3, -0.25) is 4.79 Å². The molecule has 0 unspecified atom stereocenters. The van der Waals surface area contributed by atoms with E-state index >= 15 is 0 Å². The minimum absolute atomic E-state index is 0.0775. The highest BCUT2D eigenvalue weighted by Gasteiger charge is 2.11. The van der Waals surface area contributed by atoms with Crippen molar-refractivity contribution < 1.29 is 4.79 Å². The molecule has 1 rings (SSSR count). The number of rotatable bonds is 1. The van der Waals surface area contributed by atoms with Crippen molar-refractivity contribution >= 4 is 5.91 Å². The topological polar surface area (TPSA) is 20.3 Å². The Bertz CT molecular complexity index is 204. The molecule has 1 amide bonds. The summed E-state index contributed by atoms with van der Waals surface area (Å²) < 4.78 is 0. The van der Waals surface area contributed by atoms with Crippen molar-refractivity contribution in [3.05, 3.63) is 24.4 Å². The number of amides is 1. The maximum absolute atomic E-state index is 11.2. The first kappa shape index (κ1) is 8.05. The Morgan fingerprint density at radius 1 is 1.45 bits per heavy atom. The molecule has 1 aliphatic heterocycles. The van der Waals surface area contributed by atoms with Crippen LogP contribution in [0.2, 0.25) is 0 Å². The van der Waals surface area contributed by atoms with E-state index in [1.165, 1.54) is 0 Å². The minimum Gasteiger partial charge on any atom is -0.313 e. The summed E-state index contributed by atoms with van der Waals surface area (Å²) in [5, 5.41) is 0. The highest BCUT2D eigenvalue weighted by molar-refractivity contribution is 5.88. The molecule has 0 radical (unpaired) electrons. The number of carbonyl (C=O) groups is 1. The van der Waals surface area contributed by atoms with Gasteiger partial charge >= 0.3 is 0 Å². The molecule has 0 aromatic heterocycles. The SMILES string of the molecule is CC(C)N1C=CCC=CC1=O. The van der Waals surface area contributed by atoms with Crippen molar-refractivity contribution in [2.45, 2.75) is 26.3 Å². The second-order valence-corrected chi connectivity index (χ2v) is 2.86. The summed E-state index contributed by atoms with van der Waals surface area (Å²) in [4.78, 5) is 13.0. The first-order valence-corrected chi connectivity index (χ1v) is 3.87. The van der Waals surface area contributed by atoms with Gasteiger partial charge in [0.25, 0.3) is 0 Å². The number of hydrogen-bond donors (Lipinski definition) is 0. The van der Waals surface area contributed by atoms with E-state index in [2.05, 4.69) is 0 Å². The normalized spacial score (nSPS) is 17.7. The molecule has 0 aromatic rings. The Kier molecular flexibility index (Phi) is 2.47. The molecule has 0 spiro atoms. The van der Waals surface area contributed by atoms with Gasteiger partial charge < -0.3 is 4.90 Å².